The molecule has 2 aromatic rings. The van der Waals surface area contributed by atoms with Gasteiger partial charge in [-0.25, -0.2) is 9.59 Å². The molecule has 4 nitrogen and oxygen atoms in total. The third-order valence-electron chi connectivity index (χ3n) is 7.79. The van der Waals surface area contributed by atoms with E-state index >= 15 is 0 Å². The molecule has 0 bridgehead atoms. The molecule has 0 aliphatic heterocycles. The van der Waals surface area contributed by atoms with Crippen molar-refractivity contribution in [1.29, 1.82) is 0 Å². The minimum atomic E-state index is -0.324. The van der Waals surface area contributed by atoms with Crippen LogP contribution in [0.4, 0.5) is 0 Å². The van der Waals surface area contributed by atoms with E-state index in [0.717, 1.165) is 88.2 Å². The molecule has 0 saturated carbocycles. The van der Waals surface area contributed by atoms with E-state index in [0.29, 0.717) is 17.5 Å². The summed E-state index contributed by atoms with van der Waals surface area (Å²) in [5, 5.41) is 0. The molecule has 2 rings (SSSR count). The summed E-state index contributed by atoms with van der Waals surface area (Å²) in [6.45, 7) is 13.0. The van der Waals surface area contributed by atoms with Gasteiger partial charge in [0, 0.05) is 5.92 Å². The monoisotopic (exact) mass is 550 g/mol. The Balaban J connectivity index is 2.08. The summed E-state index contributed by atoms with van der Waals surface area (Å²) in [5.74, 6) is -0.669. The van der Waals surface area contributed by atoms with Crippen LogP contribution in [0.25, 0.3) is 0 Å². The normalized spacial score (nSPS) is 12.7. The van der Waals surface area contributed by atoms with Gasteiger partial charge in [0.1, 0.15) is 6.10 Å². The van der Waals surface area contributed by atoms with Gasteiger partial charge >= 0.3 is 11.9 Å². The third kappa shape index (κ3) is 10.7. The molecule has 0 N–H and O–H groups in total. The summed E-state index contributed by atoms with van der Waals surface area (Å²) in [5.41, 5.74) is 6.06. The van der Waals surface area contributed by atoms with Crippen molar-refractivity contribution in [3.63, 3.8) is 0 Å². The lowest BCUT2D eigenvalue weighted by molar-refractivity contribution is -0.00164. The topological polar surface area (TPSA) is 52.6 Å². The van der Waals surface area contributed by atoms with Gasteiger partial charge in [0.15, 0.2) is 0 Å². The number of hydrogen-bond acceptors (Lipinski definition) is 4. The number of rotatable bonds is 19. The van der Waals surface area contributed by atoms with Crippen molar-refractivity contribution in [2.45, 2.75) is 131 Å². The van der Waals surface area contributed by atoms with E-state index < -0.39 is 0 Å². The van der Waals surface area contributed by atoms with E-state index in [1.165, 1.54) is 11.1 Å². The van der Waals surface area contributed by atoms with Crippen molar-refractivity contribution in [1.82, 2.24) is 0 Å². The number of benzene rings is 2. The summed E-state index contributed by atoms with van der Waals surface area (Å²) in [6.07, 6.45) is 13.0. The molecule has 0 aliphatic rings. The number of unbranched alkanes of at least 4 members (excludes halogenated alkanes) is 4. The lowest BCUT2D eigenvalue weighted by Crippen LogP contribution is -2.29. The molecule has 0 radical (unpaired) electrons. The van der Waals surface area contributed by atoms with Crippen LogP contribution in [0.2, 0.25) is 0 Å². The maximum atomic E-state index is 13.3. The van der Waals surface area contributed by atoms with Crippen LogP contribution in [-0.2, 0) is 35.2 Å². The fraction of sp³-hybridized carbons (Fsp3) is 0.611. The van der Waals surface area contributed by atoms with Gasteiger partial charge in [-0.05, 0) is 92.2 Å². The summed E-state index contributed by atoms with van der Waals surface area (Å²) in [7, 11) is 0. The molecule has 222 valence electrons. The second kappa shape index (κ2) is 18.7. The first kappa shape index (κ1) is 33.6. The van der Waals surface area contributed by atoms with Crippen LogP contribution >= 0.6 is 0 Å². The Labute approximate surface area is 244 Å². The Morgan fingerprint density at radius 1 is 0.650 bits per heavy atom. The van der Waals surface area contributed by atoms with Crippen molar-refractivity contribution < 1.29 is 19.1 Å². The lowest BCUT2D eigenvalue weighted by Gasteiger charge is -2.24. The van der Waals surface area contributed by atoms with E-state index in [1.54, 1.807) is 0 Å². The predicted octanol–water partition coefficient (Wildman–Crippen LogP) is 9.49. The van der Waals surface area contributed by atoms with Crippen molar-refractivity contribution in [2.75, 3.05) is 6.61 Å². The predicted molar refractivity (Wildman–Crippen MR) is 166 cm³/mol. The Morgan fingerprint density at radius 2 is 1.10 bits per heavy atom. The van der Waals surface area contributed by atoms with Crippen molar-refractivity contribution in [3.05, 3.63) is 69.8 Å². The van der Waals surface area contributed by atoms with Crippen molar-refractivity contribution in [2.24, 2.45) is 5.92 Å². The van der Waals surface area contributed by atoms with E-state index in [4.69, 9.17) is 9.47 Å². The highest BCUT2D eigenvalue weighted by Crippen LogP contribution is 2.22. The van der Waals surface area contributed by atoms with Crippen LogP contribution in [0.5, 0.6) is 0 Å². The summed E-state index contributed by atoms with van der Waals surface area (Å²) < 4.78 is 11.8. The molecule has 4 heteroatoms. The van der Waals surface area contributed by atoms with Gasteiger partial charge in [-0.3, -0.25) is 0 Å². The van der Waals surface area contributed by atoms with Gasteiger partial charge in [-0.15, -0.1) is 0 Å². The zero-order chi connectivity index (χ0) is 29.3. The second-order valence-electron chi connectivity index (χ2n) is 11.3. The fourth-order valence-corrected chi connectivity index (χ4v) is 5.11. The summed E-state index contributed by atoms with van der Waals surface area (Å²) in [6, 6.07) is 12.4. The molecular weight excluding hydrogens is 496 g/mol. The zero-order valence-electron chi connectivity index (χ0n) is 26.2. The molecule has 2 unspecified atom stereocenters. The lowest BCUT2D eigenvalue weighted by atomic mass is 9.96. The Morgan fingerprint density at radius 3 is 1.55 bits per heavy atom. The largest absolute Gasteiger partial charge is 0.462 e. The fourth-order valence-electron chi connectivity index (χ4n) is 5.11. The molecule has 0 fully saturated rings. The van der Waals surface area contributed by atoms with Crippen LogP contribution in [-0.4, -0.2) is 24.6 Å². The van der Waals surface area contributed by atoms with Gasteiger partial charge in [-0.2, -0.15) is 0 Å². The number of aryl methyl sites for hydroxylation is 4. The van der Waals surface area contributed by atoms with Crippen LogP contribution < -0.4 is 0 Å². The molecule has 0 heterocycles. The Hall–Kier alpha value is -2.62. The molecule has 0 aromatic heterocycles. The average Bonchev–Trinajstić information content (AvgIpc) is 2.97. The van der Waals surface area contributed by atoms with Crippen LogP contribution in [0.1, 0.15) is 142 Å². The highest BCUT2D eigenvalue weighted by atomic mass is 16.6. The zero-order valence-corrected chi connectivity index (χ0v) is 26.2. The maximum absolute atomic E-state index is 13.3. The van der Waals surface area contributed by atoms with Crippen LogP contribution in [0.15, 0.2) is 36.4 Å². The molecule has 0 aliphatic carbocycles. The highest BCUT2D eigenvalue weighted by molar-refractivity contribution is 5.92. The first-order valence-corrected chi connectivity index (χ1v) is 16.0. The van der Waals surface area contributed by atoms with E-state index in [-0.39, 0.29) is 30.6 Å². The van der Waals surface area contributed by atoms with Gasteiger partial charge in [0.2, 0.25) is 0 Å². The van der Waals surface area contributed by atoms with Crippen molar-refractivity contribution in [3.8, 4) is 0 Å². The quantitative estimate of drug-likeness (QED) is 0.163. The van der Waals surface area contributed by atoms with Crippen LogP contribution in [0, 0.1) is 5.92 Å². The molecule has 0 saturated heterocycles. The maximum Gasteiger partial charge on any atom is 0.338 e. The molecule has 2 aromatic carbocycles. The number of esters is 2. The van der Waals surface area contributed by atoms with Gasteiger partial charge < -0.3 is 9.47 Å². The number of ether oxygens (including phenoxy) is 2. The molecule has 0 spiro atoms. The molecule has 0 amide bonds. The standard InChI is InChI=1S/C36H54O4/c1-7-12-16-28-20-22-32(30(24-28)18-14-9-3)35(37)39-26-27(6)34(11-5)40-36(38)33-23-21-29(17-13-8-2)25-31(33)19-15-10-4/h20-25,27,34H,7-19,26H2,1-6H3. The summed E-state index contributed by atoms with van der Waals surface area (Å²) in [4.78, 5) is 26.4. The van der Waals surface area contributed by atoms with E-state index in [1.807, 2.05) is 26.0 Å². The van der Waals surface area contributed by atoms with Gasteiger partial charge in [-0.1, -0.05) is 91.5 Å². The molecular formula is C36H54O4. The van der Waals surface area contributed by atoms with Gasteiger partial charge in [0.25, 0.3) is 0 Å². The smallest absolute Gasteiger partial charge is 0.338 e. The minimum Gasteiger partial charge on any atom is -0.462 e. The average molecular weight is 551 g/mol. The Kier molecular flexibility index (Phi) is 15.7. The minimum absolute atomic E-state index is 0.108. The molecule has 40 heavy (non-hydrogen) atoms. The highest BCUT2D eigenvalue weighted by Gasteiger charge is 2.24. The first-order valence-electron chi connectivity index (χ1n) is 16.0. The first-order chi connectivity index (χ1) is 19.4. The number of hydrogen-bond donors (Lipinski definition) is 0. The second-order valence-corrected chi connectivity index (χ2v) is 11.3. The van der Waals surface area contributed by atoms with E-state index in [9.17, 15) is 9.59 Å². The van der Waals surface area contributed by atoms with Crippen LogP contribution in [0.3, 0.4) is 0 Å². The number of carbonyl (C=O) groups excluding carboxylic acids is 2. The summed E-state index contributed by atoms with van der Waals surface area (Å²) >= 11 is 0. The number of carbonyl (C=O) groups is 2. The van der Waals surface area contributed by atoms with Gasteiger partial charge in [0.05, 0.1) is 17.7 Å². The Bertz CT molecular complexity index is 1040. The third-order valence-corrected chi connectivity index (χ3v) is 7.79. The molecule has 2 atom stereocenters. The van der Waals surface area contributed by atoms with Crippen molar-refractivity contribution >= 4 is 11.9 Å². The SMILES string of the molecule is CCCCc1ccc(C(=O)OCC(C)C(CC)OC(=O)c2ccc(CCCC)cc2CCCC)c(CCCC)c1. The van der Waals surface area contributed by atoms with E-state index in [2.05, 4.69) is 52.0 Å².